The van der Waals surface area contributed by atoms with Crippen molar-refractivity contribution in [1.29, 1.82) is 0 Å². The Morgan fingerprint density at radius 2 is 1.75 bits per heavy atom. The first-order valence-electron chi connectivity index (χ1n) is 10.1. The molecule has 0 aromatic heterocycles. The number of rotatable bonds is 7. The summed E-state index contributed by atoms with van der Waals surface area (Å²) in [4.78, 5) is 26.9. The Bertz CT molecular complexity index is 812. The minimum absolute atomic E-state index is 0.0627. The Balaban J connectivity index is 1.63. The van der Waals surface area contributed by atoms with Gasteiger partial charge in [-0.2, -0.15) is 4.31 Å². The zero-order valence-corrected chi connectivity index (χ0v) is 17.4. The quantitative estimate of drug-likeness (QED) is 0.752. The number of benzene rings is 1. The average Bonchev–Trinajstić information content (AvgIpc) is 3.32. The summed E-state index contributed by atoms with van der Waals surface area (Å²) >= 11 is 0. The van der Waals surface area contributed by atoms with Gasteiger partial charge in [0.15, 0.2) is 0 Å². The molecule has 0 radical (unpaired) electrons. The fraction of sp³-hybridized carbons (Fsp3) is 0.600. The van der Waals surface area contributed by atoms with Crippen LogP contribution in [0.3, 0.4) is 0 Å². The van der Waals surface area contributed by atoms with Crippen molar-refractivity contribution in [3.05, 3.63) is 24.3 Å². The van der Waals surface area contributed by atoms with Gasteiger partial charge in [-0.1, -0.05) is 26.7 Å². The van der Waals surface area contributed by atoms with Crippen LogP contribution in [0.15, 0.2) is 29.2 Å². The summed E-state index contributed by atoms with van der Waals surface area (Å²) in [6, 6.07) is 6.50. The molecule has 1 aliphatic heterocycles. The van der Waals surface area contributed by atoms with Gasteiger partial charge in [-0.25, -0.2) is 8.42 Å². The molecule has 28 heavy (non-hydrogen) atoms. The summed E-state index contributed by atoms with van der Waals surface area (Å²) in [5.41, 5.74) is 0.537. The normalized spacial score (nSPS) is 20.9. The van der Waals surface area contributed by atoms with Crippen molar-refractivity contribution in [3.63, 3.8) is 0 Å². The number of hydrogen-bond donors (Lipinski definition) is 1. The molecular weight excluding hydrogens is 378 g/mol. The zero-order chi connectivity index (χ0) is 20.3. The average molecular weight is 408 g/mol. The van der Waals surface area contributed by atoms with E-state index in [-0.39, 0.29) is 35.1 Å². The monoisotopic (exact) mass is 407 g/mol. The van der Waals surface area contributed by atoms with E-state index in [1.54, 1.807) is 26.0 Å². The lowest BCUT2D eigenvalue weighted by molar-refractivity contribution is -0.129. The number of hydrogen-bond acceptors (Lipinski definition) is 4. The number of amides is 2. The summed E-state index contributed by atoms with van der Waals surface area (Å²) in [5.74, 6) is -0.479. The van der Waals surface area contributed by atoms with E-state index in [1.807, 2.05) is 4.90 Å². The Labute approximate surface area is 167 Å². The van der Waals surface area contributed by atoms with E-state index in [4.69, 9.17) is 0 Å². The van der Waals surface area contributed by atoms with Gasteiger partial charge in [-0.15, -0.1) is 0 Å². The Hall–Kier alpha value is -1.93. The summed E-state index contributed by atoms with van der Waals surface area (Å²) in [6.07, 6.45) is 4.60. The molecule has 7 nitrogen and oxygen atoms in total. The Kier molecular flexibility index (Phi) is 6.40. The van der Waals surface area contributed by atoms with Gasteiger partial charge in [0.2, 0.25) is 21.8 Å². The molecule has 2 fully saturated rings. The summed E-state index contributed by atoms with van der Waals surface area (Å²) < 4.78 is 26.5. The summed E-state index contributed by atoms with van der Waals surface area (Å²) in [6.45, 7) is 4.89. The molecule has 154 valence electrons. The minimum Gasteiger partial charge on any atom is -0.339 e. The Morgan fingerprint density at radius 3 is 2.32 bits per heavy atom. The number of likely N-dealkylation sites (tertiary alicyclic amines) is 1. The van der Waals surface area contributed by atoms with Crippen LogP contribution in [0.4, 0.5) is 5.69 Å². The number of anilines is 1. The van der Waals surface area contributed by atoms with Gasteiger partial charge in [0.1, 0.15) is 0 Å². The zero-order valence-electron chi connectivity index (χ0n) is 16.6. The van der Waals surface area contributed by atoms with E-state index in [2.05, 4.69) is 5.32 Å². The third-order valence-corrected chi connectivity index (χ3v) is 7.82. The van der Waals surface area contributed by atoms with Crippen LogP contribution in [0.25, 0.3) is 0 Å². The van der Waals surface area contributed by atoms with Crippen molar-refractivity contribution < 1.29 is 18.0 Å². The molecule has 1 N–H and O–H groups in total. The first-order chi connectivity index (χ1) is 13.4. The maximum absolute atomic E-state index is 12.6. The van der Waals surface area contributed by atoms with Gasteiger partial charge < -0.3 is 10.2 Å². The SMILES string of the molecule is CCN(CC)S(=O)(=O)c1ccc(NC(=O)[C@@H]2CC(=O)N(C3CCCC3)C2)cc1. The lowest BCUT2D eigenvalue weighted by atomic mass is 10.1. The molecule has 1 heterocycles. The van der Waals surface area contributed by atoms with Crippen LogP contribution in [0.1, 0.15) is 46.0 Å². The van der Waals surface area contributed by atoms with Gasteiger partial charge in [0, 0.05) is 37.8 Å². The molecule has 0 unspecified atom stereocenters. The van der Waals surface area contributed by atoms with Crippen LogP contribution in [0.5, 0.6) is 0 Å². The van der Waals surface area contributed by atoms with Gasteiger partial charge in [-0.05, 0) is 37.1 Å². The van der Waals surface area contributed by atoms with Crippen LogP contribution in [-0.4, -0.2) is 55.1 Å². The van der Waals surface area contributed by atoms with Gasteiger partial charge in [0.05, 0.1) is 10.8 Å². The van der Waals surface area contributed by atoms with Crippen molar-refractivity contribution in [1.82, 2.24) is 9.21 Å². The largest absolute Gasteiger partial charge is 0.339 e. The molecule has 0 bridgehead atoms. The first-order valence-corrected chi connectivity index (χ1v) is 11.5. The van der Waals surface area contributed by atoms with E-state index >= 15 is 0 Å². The molecule has 3 rings (SSSR count). The van der Waals surface area contributed by atoms with Crippen molar-refractivity contribution in [2.75, 3.05) is 25.0 Å². The minimum atomic E-state index is -3.52. The third-order valence-electron chi connectivity index (χ3n) is 5.76. The number of carbonyl (C=O) groups excluding carboxylic acids is 2. The maximum Gasteiger partial charge on any atom is 0.243 e. The van der Waals surface area contributed by atoms with E-state index < -0.39 is 10.0 Å². The first kappa shape index (κ1) is 20.8. The number of sulfonamides is 1. The topological polar surface area (TPSA) is 86.8 Å². The van der Waals surface area contributed by atoms with Gasteiger partial charge >= 0.3 is 0 Å². The number of nitrogens with zero attached hydrogens (tertiary/aromatic N) is 2. The molecule has 1 aromatic carbocycles. The van der Waals surface area contributed by atoms with E-state index in [9.17, 15) is 18.0 Å². The molecule has 2 aliphatic rings. The second-order valence-electron chi connectivity index (χ2n) is 7.49. The van der Waals surface area contributed by atoms with Crippen molar-refractivity contribution in [2.24, 2.45) is 5.92 Å². The third kappa shape index (κ3) is 4.22. The molecular formula is C20H29N3O4S. The highest BCUT2D eigenvalue weighted by atomic mass is 32.2. The second-order valence-corrected chi connectivity index (χ2v) is 9.43. The van der Waals surface area contributed by atoms with Crippen molar-refractivity contribution >= 4 is 27.5 Å². The van der Waals surface area contributed by atoms with Crippen LogP contribution >= 0.6 is 0 Å². The summed E-state index contributed by atoms with van der Waals surface area (Å²) in [7, 11) is -3.52. The molecule has 1 aliphatic carbocycles. The molecule has 2 amide bonds. The van der Waals surface area contributed by atoms with Crippen LogP contribution in [-0.2, 0) is 19.6 Å². The van der Waals surface area contributed by atoms with Crippen molar-refractivity contribution in [3.8, 4) is 0 Å². The van der Waals surface area contributed by atoms with Crippen LogP contribution < -0.4 is 5.32 Å². The lowest BCUT2D eigenvalue weighted by Gasteiger charge is -2.23. The smallest absolute Gasteiger partial charge is 0.243 e. The predicted octanol–water partition coefficient (Wildman–Crippen LogP) is 2.45. The maximum atomic E-state index is 12.6. The predicted molar refractivity (Wildman–Crippen MR) is 107 cm³/mol. The van der Waals surface area contributed by atoms with Crippen LogP contribution in [0, 0.1) is 5.92 Å². The fourth-order valence-electron chi connectivity index (χ4n) is 4.14. The molecule has 0 spiro atoms. The standard InChI is InChI=1S/C20H29N3O4S/c1-3-22(4-2)28(26,27)18-11-9-16(10-12-18)21-20(25)15-13-19(24)23(14-15)17-7-5-6-8-17/h9-12,15,17H,3-8,13-14H2,1-2H3,(H,21,25)/t15-/m1/s1. The molecule has 1 saturated heterocycles. The van der Waals surface area contributed by atoms with Crippen LogP contribution in [0.2, 0.25) is 0 Å². The highest BCUT2D eigenvalue weighted by Gasteiger charge is 2.38. The van der Waals surface area contributed by atoms with Crippen molar-refractivity contribution in [2.45, 2.75) is 56.9 Å². The molecule has 1 saturated carbocycles. The van der Waals surface area contributed by atoms with Gasteiger partial charge in [0.25, 0.3) is 0 Å². The molecule has 1 atom stereocenters. The molecule has 8 heteroatoms. The highest BCUT2D eigenvalue weighted by Crippen LogP contribution is 2.30. The summed E-state index contributed by atoms with van der Waals surface area (Å²) in [5, 5.41) is 2.83. The van der Waals surface area contributed by atoms with E-state index in [0.717, 1.165) is 25.7 Å². The number of carbonyl (C=O) groups is 2. The van der Waals surface area contributed by atoms with Gasteiger partial charge in [-0.3, -0.25) is 9.59 Å². The lowest BCUT2D eigenvalue weighted by Crippen LogP contribution is -2.35. The number of nitrogens with one attached hydrogen (secondary N) is 1. The highest BCUT2D eigenvalue weighted by molar-refractivity contribution is 7.89. The fourth-order valence-corrected chi connectivity index (χ4v) is 5.60. The Morgan fingerprint density at radius 1 is 1.14 bits per heavy atom. The molecule has 1 aromatic rings. The van der Waals surface area contributed by atoms with E-state index in [0.29, 0.717) is 25.3 Å². The second kappa shape index (κ2) is 8.61. The van der Waals surface area contributed by atoms with E-state index in [1.165, 1.54) is 16.4 Å².